The number of ether oxygens (including phenoxy) is 2. The van der Waals surface area contributed by atoms with E-state index in [-0.39, 0.29) is 5.56 Å². The number of nitrogens with zero attached hydrogens (tertiary/aromatic N) is 2. The summed E-state index contributed by atoms with van der Waals surface area (Å²) in [5.41, 5.74) is 8.96. The van der Waals surface area contributed by atoms with Gasteiger partial charge in [-0.05, 0) is 23.3 Å². The maximum atomic E-state index is 12.5. The first-order valence-electron chi connectivity index (χ1n) is 8.84. The third-order valence-corrected chi connectivity index (χ3v) is 4.70. The third kappa shape index (κ3) is 3.16. The highest BCUT2D eigenvalue weighted by molar-refractivity contribution is 5.83. The second kappa shape index (κ2) is 7.28. The average molecular weight is 376 g/mol. The second-order valence-electron chi connectivity index (χ2n) is 6.45. The van der Waals surface area contributed by atoms with Crippen LogP contribution in [0.4, 0.5) is 0 Å². The topological polar surface area (TPSA) is 103 Å². The summed E-state index contributed by atoms with van der Waals surface area (Å²) in [4.78, 5) is 24.5. The standard InChI is InChI=1S/C21H20N4O3/c1-27-17-8-15-16(9-18(17)28-2)24-19(25-21(15)26)7-12-6-13-4-3-5-14(10-22)20(13)23-11-12/h3-6,8-9,11H,7,10,22H2,1-2H3,(H,24,25,26). The van der Waals surface area contributed by atoms with Crippen molar-refractivity contribution in [1.82, 2.24) is 15.0 Å². The van der Waals surface area contributed by atoms with Gasteiger partial charge in [-0.25, -0.2) is 4.98 Å². The molecule has 0 bridgehead atoms. The van der Waals surface area contributed by atoms with Crippen LogP contribution < -0.4 is 20.8 Å². The minimum Gasteiger partial charge on any atom is -0.493 e. The van der Waals surface area contributed by atoms with Crippen molar-refractivity contribution in [2.45, 2.75) is 13.0 Å². The Balaban J connectivity index is 1.75. The number of rotatable bonds is 5. The summed E-state index contributed by atoms with van der Waals surface area (Å²) in [7, 11) is 3.08. The molecule has 4 rings (SSSR count). The Labute approximate surface area is 161 Å². The SMILES string of the molecule is COc1cc2nc(Cc3cnc4c(CN)cccc4c3)[nH]c(=O)c2cc1OC. The Morgan fingerprint density at radius 2 is 1.89 bits per heavy atom. The first kappa shape index (κ1) is 17.9. The van der Waals surface area contributed by atoms with Crippen molar-refractivity contribution in [3.63, 3.8) is 0 Å². The van der Waals surface area contributed by atoms with Gasteiger partial charge in [0.2, 0.25) is 0 Å². The van der Waals surface area contributed by atoms with Gasteiger partial charge >= 0.3 is 0 Å². The predicted octanol–water partition coefficient (Wildman–Crippen LogP) is 2.54. The quantitative estimate of drug-likeness (QED) is 0.555. The summed E-state index contributed by atoms with van der Waals surface area (Å²) in [6.07, 6.45) is 2.25. The van der Waals surface area contributed by atoms with Gasteiger partial charge in [0.1, 0.15) is 5.82 Å². The van der Waals surface area contributed by atoms with Gasteiger partial charge < -0.3 is 20.2 Å². The van der Waals surface area contributed by atoms with E-state index in [4.69, 9.17) is 15.2 Å². The number of benzene rings is 2. The lowest BCUT2D eigenvalue weighted by atomic mass is 10.1. The van der Waals surface area contributed by atoms with Crippen LogP contribution >= 0.6 is 0 Å². The Morgan fingerprint density at radius 1 is 1.11 bits per heavy atom. The van der Waals surface area contributed by atoms with E-state index in [1.54, 1.807) is 25.4 Å². The number of hydrogen-bond acceptors (Lipinski definition) is 6. The van der Waals surface area contributed by atoms with Crippen LogP contribution in [-0.2, 0) is 13.0 Å². The van der Waals surface area contributed by atoms with E-state index in [0.717, 1.165) is 22.0 Å². The fourth-order valence-corrected chi connectivity index (χ4v) is 3.32. The molecule has 7 heteroatoms. The van der Waals surface area contributed by atoms with E-state index in [9.17, 15) is 4.79 Å². The summed E-state index contributed by atoms with van der Waals surface area (Å²) < 4.78 is 10.6. The predicted molar refractivity (Wildman–Crippen MR) is 108 cm³/mol. The minimum atomic E-state index is -0.222. The molecule has 0 atom stereocenters. The fourth-order valence-electron chi connectivity index (χ4n) is 3.32. The molecule has 0 aliphatic heterocycles. The van der Waals surface area contributed by atoms with Crippen molar-refractivity contribution >= 4 is 21.8 Å². The van der Waals surface area contributed by atoms with E-state index < -0.39 is 0 Å². The molecule has 3 N–H and O–H groups in total. The summed E-state index contributed by atoms with van der Waals surface area (Å²) in [6, 6.07) is 11.3. The van der Waals surface area contributed by atoms with Crippen LogP contribution in [0.15, 0.2) is 47.4 Å². The second-order valence-corrected chi connectivity index (χ2v) is 6.45. The van der Waals surface area contributed by atoms with Gasteiger partial charge in [0.25, 0.3) is 5.56 Å². The smallest absolute Gasteiger partial charge is 0.258 e. The highest BCUT2D eigenvalue weighted by atomic mass is 16.5. The summed E-state index contributed by atoms with van der Waals surface area (Å²) in [5, 5.41) is 1.46. The number of pyridine rings is 1. The van der Waals surface area contributed by atoms with Gasteiger partial charge in [-0.1, -0.05) is 18.2 Å². The molecule has 0 aliphatic rings. The maximum Gasteiger partial charge on any atom is 0.258 e. The Kier molecular flexibility index (Phi) is 4.67. The van der Waals surface area contributed by atoms with Gasteiger partial charge in [-0.3, -0.25) is 9.78 Å². The van der Waals surface area contributed by atoms with Crippen LogP contribution in [0, 0.1) is 0 Å². The van der Waals surface area contributed by atoms with E-state index in [2.05, 4.69) is 15.0 Å². The summed E-state index contributed by atoms with van der Waals surface area (Å²) in [5.74, 6) is 1.58. The van der Waals surface area contributed by atoms with Crippen molar-refractivity contribution in [3.05, 3.63) is 69.9 Å². The van der Waals surface area contributed by atoms with Gasteiger partial charge in [0.05, 0.1) is 30.6 Å². The monoisotopic (exact) mass is 376 g/mol. The lowest BCUT2D eigenvalue weighted by molar-refractivity contribution is 0.355. The number of H-pyrrole nitrogens is 1. The highest BCUT2D eigenvalue weighted by Crippen LogP contribution is 2.30. The van der Waals surface area contributed by atoms with E-state index >= 15 is 0 Å². The number of methoxy groups -OCH3 is 2. The van der Waals surface area contributed by atoms with E-state index in [1.807, 2.05) is 24.3 Å². The highest BCUT2D eigenvalue weighted by Gasteiger charge is 2.12. The van der Waals surface area contributed by atoms with Crippen molar-refractivity contribution in [1.29, 1.82) is 0 Å². The van der Waals surface area contributed by atoms with Crippen LogP contribution in [0.5, 0.6) is 11.5 Å². The normalized spacial score (nSPS) is 11.1. The third-order valence-electron chi connectivity index (χ3n) is 4.70. The van der Waals surface area contributed by atoms with Crippen LogP contribution in [0.1, 0.15) is 17.0 Å². The molecular weight excluding hydrogens is 356 g/mol. The first-order valence-corrected chi connectivity index (χ1v) is 8.84. The zero-order valence-corrected chi connectivity index (χ0v) is 15.7. The van der Waals surface area contributed by atoms with Gasteiger partial charge in [-0.15, -0.1) is 0 Å². The molecule has 7 nitrogen and oxygen atoms in total. The number of hydrogen-bond donors (Lipinski definition) is 2. The molecule has 0 aliphatic carbocycles. The van der Waals surface area contributed by atoms with E-state index in [0.29, 0.717) is 41.2 Å². The van der Waals surface area contributed by atoms with Crippen molar-refractivity contribution in [3.8, 4) is 11.5 Å². The zero-order valence-electron chi connectivity index (χ0n) is 15.7. The fraction of sp³-hybridized carbons (Fsp3) is 0.190. The summed E-state index contributed by atoms with van der Waals surface area (Å²) >= 11 is 0. The number of nitrogens with two attached hydrogens (primary N) is 1. The molecule has 142 valence electrons. The molecule has 4 aromatic rings. The Hall–Kier alpha value is -3.45. The zero-order chi connectivity index (χ0) is 19.7. The maximum absolute atomic E-state index is 12.5. The minimum absolute atomic E-state index is 0.222. The van der Waals surface area contributed by atoms with Crippen molar-refractivity contribution in [2.75, 3.05) is 14.2 Å². The molecule has 0 saturated carbocycles. The number of fused-ring (bicyclic) bond motifs is 2. The molecule has 28 heavy (non-hydrogen) atoms. The molecule has 2 aromatic heterocycles. The van der Waals surface area contributed by atoms with Gasteiger partial charge in [0.15, 0.2) is 11.5 Å². The summed E-state index contributed by atoms with van der Waals surface area (Å²) in [6.45, 7) is 0.439. The van der Waals surface area contributed by atoms with Crippen LogP contribution in [0.2, 0.25) is 0 Å². The molecule has 0 radical (unpaired) electrons. The molecule has 0 unspecified atom stereocenters. The molecule has 0 spiro atoms. The number of aromatic nitrogens is 3. The Bertz CT molecular complexity index is 1230. The molecule has 0 saturated heterocycles. The molecule has 0 fully saturated rings. The number of aromatic amines is 1. The molecule has 2 heterocycles. The molecule has 0 amide bonds. The number of para-hydroxylation sites is 1. The van der Waals surface area contributed by atoms with Crippen molar-refractivity contribution in [2.24, 2.45) is 5.73 Å². The lowest BCUT2D eigenvalue weighted by Gasteiger charge is -2.10. The van der Waals surface area contributed by atoms with Crippen molar-refractivity contribution < 1.29 is 9.47 Å². The largest absolute Gasteiger partial charge is 0.493 e. The Morgan fingerprint density at radius 3 is 2.64 bits per heavy atom. The average Bonchev–Trinajstić information content (AvgIpc) is 2.72. The number of nitrogens with one attached hydrogen (secondary N) is 1. The molecular formula is C21H20N4O3. The van der Waals surface area contributed by atoms with E-state index in [1.165, 1.54) is 7.11 Å². The molecule has 2 aromatic carbocycles. The van der Waals surface area contributed by atoms with Gasteiger partial charge in [0, 0.05) is 30.6 Å². The van der Waals surface area contributed by atoms with Crippen LogP contribution in [0.25, 0.3) is 21.8 Å². The van der Waals surface area contributed by atoms with Crippen LogP contribution in [-0.4, -0.2) is 29.2 Å². The first-order chi connectivity index (χ1) is 13.6. The lowest BCUT2D eigenvalue weighted by Crippen LogP contribution is -2.12. The van der Waals surface area contributed by atoms with Crippen LogP contribution in [0.3, 0.4) is 0 Å². The van der Waals surface area contributed by atoms with Gasteiger partial charge in [-0.2, -0.15) is 0 Å².